The second-order valence-corrected chi connectivity index (χ2v) is 7.21. The first kappa shape index (κ1) is 15.8. The van der Waals surface area contributed by atoms with E-state index in [2.05, 4.69) is 8.57 Å². The summed E-state index contributed by atoms with van der Waals surface area (Å²) in [7, 11) is -8.41. The van der Waals surface area contributed by atoms with Crippen LogP contribution in [0.5, 0.6) is 0 Å². The number of fused-ring (bicyclic) bond motifs is 1. The van der Waals surface area contributed by atoms with E-state index in [-0.39, 0.29) is 20.6 Å². The van der Waals surface area contributed by atoms with Gasteiger partial charge in [0.15, 0.2) is 0 Å². The molecule has 0 aliphatic rings. The van der Waals surface area contributed by atoms with Gasteiger partial charge in [-0.3, -0.25) is 0 Å². The maximum absolute atomic E-state index is 11.9. The first-order valence-corrected chi connectivity index (χ1v) is 8.35. The molecule has 8 nitrogen and oxygen atoms in total. The molecule has 0 aliphatic carbocycles. The molecule has 0 heterocycles. The third-order valence-corrected chi connectivity index (χ3v) is 5.38. The van der Waals surface area contributed by atoms with E-state index in [1.165, 1.54) is 37.3 Å². The first-order valence-electron chi connectivity index (χ1n) is 5.53. The molecule has 4 N–H and O–H groups in total. The van der Waals surface area contributed by atoms with Crippen LogP contribution in [0, 0.1) is 6.92 Å². The Morgan fingerprint density at radius 1 is 0.857 bits per heavy atom. The third-order valence-electron chi connectivity index (χ3n) is 2.94. The Bertz CT molecular complexity index is 906. The fraction of sp³-hybridized carbons (Fsp3) is 0.0909. The zero-order valence-electron chi connectivity index (χ0n) is 10.8. The van der Waals surface area contributed by atoms with Crippen LogP contribution in [0.15, 0.2) is 40.1 Å². The van der Waals surface area contributed by atoms with Crippen molar-refractivity contribution in [2.75, 3.05) is 0 Å². The van der Waals surface area contributed by atoms with Gasteiger partial charge in [-0.25, -0.2) is 0 Å². The first-order chi connectivity index (χ1) is 9.74. The number of hydrogen-bond acceptors (Lipinski definition) is 8. The summed E-state index contributed by atoms with van der Waals surface area (Å²) in [6.07, 6.45) is 0. The number of aryl methyl sites for hydroxylation is 1. The molecule has 0 unspecified atom stereocenters. The Kier molecular flexibility index (Phi) is 4.02. The second kappa shape index (κ2) is 5.33. The van der Waals surface area contributed by atoms with Crippen LogP contribution >= 0.6 is 0 Å². The average Bonchev–Trinajstić information content (AvgIpc) is 2.45. The van der Waals surface area contributed by atoms with Gasteiger partial charge in [-0.1, -0.05) is 24.3 Å². The summed E-state index contributed by atoms with van der Waals surface area (Å²) in [4.78, 5) is -0.465. The van der Waals surface area contributed by atoms with Crippen molar-refractivity contribution in [1.29, 1.82) is 0 Å². The predicted octanol–water partition coefficient (Wildman–Crippen LogP) is 0.306. The standard InChI is InChI=1S/C11H12N2O6S2/c1-7-5-6-8-9(11(7)21(16,17)19-13)3-2-4-10(8)20(14,15)18-12/h2-6H,12-13H2,1H3. The predicted molar refractivity (Wildman–Crippen MR) is 73.6 cm³/mol. The van der Waals surface area contributed by atoms with Gasteiger partial charge in [0.1, 0.15) is 9.79 Å². The summed E-state index contributed by atoms with van der Waals surface area (Å²) < 4.78 is 55.4. The van der Waals surface area contributed by atoms with Crippen molar-refractivity contribution in [3.8, 4) is 0 Å². The Morgan fingerprint density at radius 3 is 2.05 bits per heavy atom. The minimum atomic E-state index is -4.21. The lowest BCUT2D eigenvalue weighted by Gasteiger charge is -2.11. The molecule has 21 heavy (non-hydrogen) atoms. The molecule has 0 amide bonds. The molecule has 2 aromatic carbocycles. The van der Waals surface area contributed by atoms with Gasteiger partial charge in [-0.2, -0.15) is 37.2 Å². The van der Waals surface area contributed by atoms with Gasteiger partial charge in [0, 0.05) is 10.8 Å². The van der Waals surface area contributed by atoms with Crippen LogP contribution in [-0.2, 0) is 28.8 Å². The molecule has 0 atom stereocenters. The largest absolute Gasteiger partial charge is 0.313 e. The molecule has 0 bridgehead atoms. The maximum Gasteiger partial charge on any atom is 0.313 e. The van der Waals surface area contributed by atoms with Crippen LogP contribution < -0.4 is 11.8 Å². The molecule has 2 aromatic rings. The Morgan fingerprint density at radius 2 is 1.48 bits per heavy atom. The van der Waals surface area contributed by atoms with Crippen molar-refractivity contribution >= 4 is 31.0 Å². The Hall–Kier alpha value is -1.56. The lowest BCUT2D eigenvalue weighted by atomic mass is 10.1. The van der Waals surface area contributed by atoms with Crippen LogP contribution in [-0.4, -0.2) is 16.8 Å². The SMILES string of the molecule is Cc1ccc2c(S(=O)(=O)ON)cccc2c1S(=O)(=O)ON. The summed E-state index contributed by atoms with van der Waals surface area (Å²) >= 11 is 0. The normalized spacial score (nSPS) is 12.7. The fourth-order valence-corrected chi connectivity index (χ4v) is 3.86. The number of rotatable bonds is 4. The summed E-state index contributed by atoms with van der Waals surface area (Å²) in [5.41, 5.74) is 0.358. The van der Waals surface area contributed by atoms with Crippen molar-refractivity contribution in [2.24, 2.45) is 11.8 Å². The highest BCUT2D eigenvalue weighted by Crippen LogP contribution is 2.31. The van der Waals surface area contributed by atoms with Gasteiger partial charge in [-0.15, -0.1) is 0 Å². The second-order valence-electron chi connectivity index (χ2n) is 4.16. The molecular formula is C11H12N2O6S2. The molecule has 114 valence electrons. The van der Waals surface area contributed by atoms with Crippen molar-refractivity contribution < 1.29 is 25.4 Å². The Labute approximate surface area is 121 Å². The molecule has 0 fully saturated rings. The molecule has 0 aromatic heterocycles. The summed E-state index contributed by atoms with van der Waals surface area (Å²) in [5.74, 6) is 9.56. The van der Waals surface area contributed by atoms with Crippen molar-refractivity contribution in [3.05, 3.63) is 35.9 Å². The minimum Gasteiger partial charge on any atom is -0.197 e. The summed E-state index contributed by atoms with van der Waals surface area (Å²) in [5, 5.41) is 0.266. The number of benzene rings is 2. The lowest BCUT2D eigenvalue weighted by molar-refractivity contribution is 0.332. The average molecular weight is 332 g/mol. The quantitative estimate of drug-likeness (QED) is 0.762. The van der Waals surface area contributed by atoms with Crippen LogP contribution in [0.4, 0.5) is 0 Å². The highest BCUT2D eigenvalue weighted by Gasteiger charge is 2.24. The molecule has 0 radical (unpaired) electrons. The summed E-state index contributed by atoms with van der Waals surface area (Å²) in [6.45, 7) is 1.53. The highest BCUT2D eigenvalue weighted by molar-refractivity contribution is 7.87. The smallest absolute Gasteiger partial charge is 0.197 e. The zero-order chi connectivity index (χ0) is 15.8. The van der Waals surface area contributed by atoms with Crippen LogP contribution in [0.2, 0.25) is 0 Å². The maximum atomic E-state index is 11.9. The van der Waals surface area contributed by atoms with Crippen LogP contribution in [0.3, 0.4) is 0 Å². The molecule has 0 saturated heterocycles. The molecule has 2 rings (SSSR count). The molecule has 0 spiro atoms. The Balaban J connectivity index is 2.99. The van der Waals surface area contributed by atoms with Gasteiger partial charge in [0.2, 0.25) is 0 Å². The molecule has 0 saturated carbocycles. The van der Waals surface area contributed by atoms with E-state index >= 15 is 0 Å². The molecule has 10 heteroatoms. The van der Waals surface area contributed by atoms with E-state index in [9.17, 15) is 16.8 Å². The zero-order valence-corrected chi connectivity index (χ0v) is 12.4. The molecule has 0 aliphatic heterocycles. The van der Waals surface area contributed by atoms with E-state index in [4.69, 9.17) is 11.8 Å². The van der Waals surface area contributed by atoms with Gasteiger partial charge in [0.25, 0.3) is 0 Å². The van der Waals surface area contributed by atoms with Gasteiger partial charge >= 0.3 is 20.2 Å². The van der Waals surface area contributed by atoms with E-state index in [1.807, 2.05) is 0 Å². The molecular weight excluding hydrogens is 320 g/mol. The van der Waals surface area contributed by atoms with Crippen molar-refractivity contribution in [1.82, 2.24) is 0 Å². The lowest BCUT2D eigenvalue weighted by Crippen LogP contribution is -2.14. The van der Waals surface area contributed by atoms with Crippen molar-refractivity contribution in [3.63, 3.8) is 0 Å². The van der Waals surface area contributed by atoms with Crippen LogP contribution in [0.1, 0.15) is 5.56 Å². The van der Waals surface area contributed by atoms with E-state index < -0.39 is 20.2 Å². The minimum absolute atomic E-state index is 0.129. The van der Waals surface area contributed by atoms with Gasteiger partial charge in [0.05, 0.1) is 0 Å². The van der Waals surface area contributed by atoms with Gasteiger partial charge < -0.3 is 0 Å². The summed E-state index contributed by atoms with van der Waals surface area (Å²) in [6, 6.07) is 6.93. The van der Waals surface area contributed by atoms with Gasteiger partial charge in [-0.05, 0) is 18.6 Å². The fourth-order valence-electron chi connectivity index (χ4n) is 2.06. The third kappa shape index (κ3) is 2.64. The van der Waals surface area contributed by atoms with E-state index in [0.29, 0.717) is 5.56 Å². The highest BCUT2D eigenvalue weighted by atomic mass is 32.2. The van der Waals surface area contributed by atoms with E-state index in [1.54, 1.807) is 0 Å². The van der Waals surface area contributed by atoms with Crippen LogP contribution in [0.25, 0.3) is 10.8 Å². The van der Waals surface area contributed by atoms with Crippen molar-refractivity contribution in [2.45, 2.75) is 16.7 Å². The monoisotopic (exact) mass is 332 g/mol. The van der Waals surface area contributed by atoms with E-state index in [0.717, 1.165) is 0 Å². The number of hydrogen-bond donors (Lipinski definition) is 2. The number of nitrogens with two attached hydrogens (primary N) is 2. The topological polar surface area (TPSA) is 139 Å².